The molecule has 6 rings (SSSR count). The zero-order chi connectivity index (χ0) is 34.4. The van der Waals surface area contributed by atoms with E-state index in [1.807, 2.05) is 6.07 Å². The van der Waals surface area contributed by atoms with Gasteiger partial charge in [0.1, 0.15) is 17.2 Å². The number of amides is 2. The predicted octanol–water partition coefficient (Wildman–Crippen LogP) is 4.51. The van der Waals surface area contributed by atoms with Crippen LogP contribution in [0.5, 0.6) is 5.88 Å². The molecule has 2 aromatic carbocycles. The van der Waals surface area contributed by atoms with E-state index in [4.69, 9.17) is 27.9 Å². The summed E-state index contributed by atoms with van der Waals surface area (Å²) in [6.45, 7) is 0.596. The minimum Gasteiger partial charge on any atom is -0.481 e. The van der Waals surface area contributed by atoms with Crippen molar-refractivity contribution in [1.29, 1.82) is 0 Å². The Kier molecular flexibility index (Phi) is 9.12. The Morgan fingerprint density at radius 2 is 1.69 bits per heavy atom. The van der Waals surface area contributed by atoms with Gasteiger partial charge in [0, 0.05) is 67.6 Å². The number of anilines is 1. The maximum Gasteiger partial charge on any atom is 0.330 e. The molecule has 2 atom stereocenters. The third-order valence-corrected chi connectivity index (χ3v) is 9.44. The summed E-state index contributed by atoms with van der Waals surface area (Å²) in [5, 5.41) is 8.72. The van der Waals surface area contributed by atoms with Crippen LogP contribution in [0.25, 0.3) is 22.4 Å². The standard InChI is InChI=1S/C33H30Cl2F2N6O5/c1-42-14-22(32(46)43(2)33(42)47)30(45)40-25-12-17(37)10-20(29(25)35)19-9-16(36)11-21(28(19)34)24-8-15-4-6-23(27(15)31(41-24)48-3)38-13-18-5-7-26(44)39-18/h8-12,14,18,23,38H,4-7,13H2,1-3H3,(H,39,44)(H,40,45). The summed E-state index contributed by atoms with van der Waals surface area (Å²) in [6.07, 6.45) is 3.78. The number of rotatable bonds is 8. The lowest BCUT2D eigenvalue weighted by Gasteiger charge is -2.20. The minimum atomic E-state index is -0.939. The van der Waals surface area contributed by atoms with Crippen molar-refractivity contribution in [3.8, 4) is 28.3 Å². The van der Waals surface area contributed by atoms with E-state index < -0.39 is 28.8 Å². The molecule has 1 fully saturated rings. The van der Waals surface area contributed by atoms with Crippen LogP contribution in [-0.4, -0.2) is 45.6 Å². The highest BCUT2D eigenvalue weighted by Crippen LogP contribution is 2.45. The molecule has 1 aliphatic heterocycles. The average molecular weight is 700 g/mol. The van der Waals surface area contributed by atoms with Crippen molar-refractivity contribution in [3.63, 3.8) is 0 Å². The molecule has 3 N–H and O–H groups in total. The Labute approximate surface area is 282 Å². The molecule has 0 radical (unpaired) electrons. The molecule has 1 aliphatic carbocycles. The van der Waals surface area contributed by atoms with Crippen molar-refractivity contribution in [2.75, 3.05) is 19.0 Å². The molecule has 250 valence electrons. The van der Waals surface area contributed by atoms with Gasteiger partial charge < -0.3 is 25.3 Å². The summed E-state index contributed by atoms with van der Waals surface area (Å²) in [5.41, 5.74) is 0.264. The number of hydrogen-bond donors (Lipinski definition) is 3. The van der Waals surface area contributed by atoms with Gasteiger partial charge >= 0.3 is 5.69 Å². The molecule has 0 saturated carbocycles. The third-order valence-electron chi connectivity index (χ3n) is 8.63. The lowest BCUT2D eigenvalue weighted by Crippen LogP contribution is -2.40. The van der Waals surface area contributed by atoms with Gasteiger partial charge in [0.25, 0.3) is 11.5 Å². The molecule has 2 aromatic heterocycles. The Hall–Kier alpha value is -4.59. The van der Waals surface area contributed by atoms with E-state index in [1.165, 1.54) is 27.3 Å². The van der Waals surface area contributed by atoms with Crippen LogP contribution in [0.2, 0.25) is 10.0 Å². The van der Waals surface area contributed by atoms with Crippen LogP contribution in [0, 0.1) is 11.6 Å². The molecule has 48 heavy (non-hydrogen) atoms. The van der Waals surface area contributed by atoms with Gasteiger partial charge in [-0.05, 0) is 55.2 Å². The summed E-state index contributed by atoms with van der Waals surface area (Å²) in [6, 6.07) is 6.09. The zero-order valence-electron chi connectivity index (χ0n) is 26.0. The molecular weight excluding hydrogens is 669 g/mol. The van der Waals surface area contributed by atoms with Crippen molar-refractivity contribution < 1.29 is 23.1 Å². The highest BCUT2D eigenvalue weighted by molar-refractivity contribution is 6.39. The first-order chi connectivity index (χ1) is 22.9. The summed E-state index contributed by atoms with van der Waals surface area (Å²) in [4.78, 5) is 54.0. The number of aromatic nitrogens is 3. The molecule has 0 spiro atoms. The molecule has 2 aliphatic rings. The van der Waals surface area contributed by atoms with Crippen LogP contribution in [0.15, 0.2) is 46.1 Å². The average Bonchev–Trinajstić information content (AvgIpc) is 3.68. The molecule has 0 bridgehead atoms. The van der Waals surface area contributed by atoms with Crippen molar-refractivity contribution in [2.45, 2.75) is 37.8 Å². The summed E-state index contributed by atoms with van der Waals surface area (Å²) in [7, 11) is 4.08. The maximum absolute atomic E-state index is 15.3. The van der Waals surface area contributed by atoms with Gasteiger partial charge in [-0.1, -0.05) is 23.2 Å². The third kappa shape index (κ3) is 6.20. The van der Waals surface area contributed by atoms with Crippen LogP contribution < -0.4 is 31.9 Å². The van der Waals surface area contributed by atoms with E-state index >= 15 is 8.78 Å². The second-order valence-electron chi connectivity index (χ2n) is 11.8. The van der Waals surface area contributed by atoms with Crippen molar-refractivity contribution in [1.82, 2.24) is 24.8 Å². The molecule has 4 aromatic rings. The molecule has 15 heteroatoms. The number of aryl methyl sites for hydroxylation is 2. The van der Waals surface area contributed by atoms with E-state index in [0.29, 0.717) is 31.0 Å². The molecule has 11 nitrogen and oxygen atoms in total. The number of halogens is 4. The maximum atomic E-state index is 15.3. The first-order valence-electron chi connectivity index (χ1n) is 15.0. The Morgan fingerprint density at radius 3 is 2.38 bits per heavy atom. The number of benzene rings is 2. The van der Waals surface area contributed by atoms with E-state index in [0.717, 1.165) is 57.5 Å². The van der Waals surface area contributed by atoms with E-state index in [2.05, 4.69) is 20.9 Å². The highest BCUT2D eigenvalue weighted by Gasteiger charge is 2.31. The molecule has 3 heterocycles. The number of pyridine rings is 1. The number of methoxy groups -OCH3 is 1. The van der Waals surface area contributed by atoms with Crippen LogP contribution >= 0.6 is 23.2 Å². The number of carbonyl (C=O) groups is 2. The van der Waals surface area contributed by atoms with Gasteiger partial charge in [-0.15, -0.1) is 0 Å². The normalized spacial score (nSPS) is 16.9. The van der Waals surface area contributed by atoms with Crippen molar-refractivity contribution >= 4 is 40.7 Å². The number of nitrogens with zero attached hydrogens (tertiary/aromatic N) is 3. The Morgan fingerprint density at radius 1 is 1.00 bits per heavy atom. The smallest absolute Gasteiger partial charge is 0.330 e. The molecule has 2 amide bonds. The van der Waals surface area contributed by atoms with Crippen LogP contribution in [-0.2, 0) is 25.3 Å². The van der Waals surface area contributed by atoms with E-state index in [-0.39, 0.29) is 56.0 Å². The van der Waals surface area contributed by atoms with Crippen LogP contribution in [0.3, 0.4) is 0 Å². The largest absolute Gasteiger partial charge is 0.481 e. The number of fused-ring (bicyclic) bond motifs is 1. The summed E-state index contributed by atoms with van der Waals surface area (Å²) >= 11 is 13.5. The SMILES string of the molecule is COc1nc(-c2cc(F)cc(-c3cc(F)cc(NC(=O)c4cn(C)c(=O)n(C)c4=O)c3Cl)c2Cl)cc2c1C(NCC1CCC(=O)N1)CC2. The Bertz CT molecular complexity index is 2120. The number of nitrogens with one attached hydrogen (secondary N) is 3. The fourth-order valence-corrected chi connectivity index (χ4v) is 6.79. The van der Waals surface area contributed by atoms with Crippen LogP contribution in [0.1, 0.15) is 46.8 Å². The first kappa shape index (κ1) is 33.3. The predicted molar refractivity (Wildman–Crippen MR) is 177 cm³/mol. The van der Waals surface area contributed by atoms with Gasteiger partial charge in [0.2, 0.25) is 11.8 Å². The van der Waals surface area contributed by atoms with Gasteiger partial charge in [0.15, 0.2) is 0 Å². The fourth-order valence-electron chi connectivity index (χ4n) is 6.22. The lowest BCUT2D eigenvalue weighted by molar-refractivity contribution is -0.119. The Balaban J connectivity index is 1.35. The number of hydrogen-bond acceptors (Lipinski definition) is 7. The highest BCUT2D eigenvalue weighted by atomic mass is 35.5. The second kappa shape index (κ2) is 13.1. The van der Waals surface area contributed by atoms with Gasteiger partial charge in [-0.25, -0.2) is 18.6 Å². The van der Waals surface area contributed by atoms with Gasteiger partial charge in [-0.3, -0.25) is 19.0 Å². The topological polar surface area (TPSA) is 136 Å². The fraction of sp³-hybridized carbons (Fsp3) is 0.303. The molecule has 1 saturated heterocycles. The quantitative estimate of drug-likeness (QED) is 0.246. The molecular formula is C33H30Cl2F2N6O5. The molecule has 2 unspecified atom stereocenters. The van der Waals surface area contributed by atoms with Crippen molar-refractivity contribution in [2.24, 2.45) is 14.1 Å². The monoisotopic (exact) mass is 698 g/mol. The van der Waals surface area contributed by atoms with Gasteiger partial charge in [0.05, 0.1) is 28.5 Å². The summed E-state index contributed by atoms with van der Waals surface area (Å²) < 4.78 is 37.8. The van der Waals surface area contributed by atoms with Crippen molar-refractivity contribution in [3.05, 3.63) is 95.7 Å². The minimum absolute atomic E-state index is 0.0206. The van der Waals surface area contributed by atoms with E-state index in [9.17, 15) is 19.2 Å². The lowest BCUT2D eigenvalue weighted by atomic mass is 9.98. The summed E-state index contributed by atoms with van der Waals surface area (Å²) in [5.74, 6) is -2.09. The zero-order valence-corrected chi connectivity index (χ0v) is 27.6. The van der Waals surface area contributed by atoms with Crippen LogP contribution in [0.4, 0.5) is 14.5 Å². The number of ether oxygens (including phenoxy) is 1. The first-order valence-corrected chi connectivity index (χ1v) is 15.8. The number of carbonyl (C=O) groups excluding carboxylic acids is 2. The van der Waals surface area contributed by atoms with Gasteiger partial charge in [-0.2, -0.15) is 0 Å². The second-order valence-corrected chi connectivity index (χ2v) is 12.5. The van der Waals surface area contributed by atoms with E-state index in [1.54, 1.807) is 0 Å².